The van der Waals surface area contributed by atoms with Gasteiger partial charge in [0.2, 0.25) is 0 Å². The Morgan fingerprint density at radius 2 is 2.00 bits per heavy atom. The Hall–Kier alpha value is -2.19. The molecule has 2 amide bonds. The normalized spacial score (nSPS) is 13.6. The highest BCUT2D eigenvalue weighted by molar-refractivity contribution is 6.40. The molecule has 0 unspecified atom stereocenters. The molecule has 5 nitrogen and oxygen atoms in total. The van der Waals surface area contributed by atoms with E-state index >= 15 is 0 Å². The molecule has 0 atom stereocenters. The Labute approximate surface area is 128 Å². The first kappa shape index (κ1) is 15.2. The molecule has 0 saturated carbocycles. The van der Waals surface area contributed by atoms with Crippen molar-refractivity contribution in [3.05, 3.63) is 23.2 Å². The first-order valence-electron chi connectivity index (χ1n) is 6.69. The van der Waals surface area contributed by atoms with Crippen molar-refractivity contribution >= 4 is 34.8 Å². The van der Waals surface area contributed by atoms with Gasteiger partial charge in [-0.05, 0) is 31.0 Å². The van der Waals surface area contributed by atoms with Crippen LogP contribution < -0.4 is 15.5 Å². The van der Waals surface area contributed by atoms with Gasteiger partial charge in [-0.1, -0.05) is 17.5 Å². The molecule has 2 N–H and O–H groups in total. The third kappa shape index (κ3) is 3.89. The molecule has 1 aliphatic rings. The van der Waals surface area contributed by atoms with E-state index in [1.54, 1.807) is 12.1 Å². The summed E-state index contributed by atoms with van der Waals surface area (Å²) in [4.78, 5) is 25.2. The second-order valence-corrected chi connectivity index (χ2v) is 5.11. The SMILES string of the molecule is C#CCNC(=O)C(=O)Nc1ccc(N2CCCC2)c(Cl)c1. The minimum atomic E-state index is -0.771. The van der Waals surface area contributed by atoms with Crippen LogP contribution in [0.3, 0.4) is 0 Å². The average Bonchev–Trinajstić information content (AvgIpc) is 2.98. The molecule has 0 aliphatic carbocycles. The van der Waals surface area contributed by atoms with Crippen LogP contribution in [0.1, 0.15) is 12.8 Å². The van der Waals surface area contributed by atoms with Gasteiger partial charge in [-0.15, -0.1) is 6.42 Å². The van der Waals surface area contributed by atoms with E-state index in [1.807, 2.05) is 6.07 Å². The lowest BCUT2D eigenvalue weighted by Gasteiger charge is -2.19. The highest BCUT2D eigenvalue weighted by atomic mass is 35.5. The molecule has 110 valence electrons. The van der Waals surface area contributed by atoms with Crippen LogP contribution in [-0.4, -0.2) is 31.4 Å². The van der Waals surface area contributed by atoms with Gasteiger partial charge in [-0.25, -0.2) is 0 Å². The van der Waals surface area contributed by atoms with Crippen LogP contribution >= 0.6 is 11.6 Å². The number of carbonyl (C=O) groups is 2. The van der Waals surface area contributed by atoms with Gasteiger partial charge < -0.3 is 15.5 Å². The Bertz CT molecular complexity index is 589. The van der Waals surface area contributed by atoms with Crippen molar-refractivity contribution in [2.45, 2.75) is 12.8 Å². The Morgan fingerprint density at radius 3 is 2.62 bits per heavy atom. The van der Waals surface area contributed by atoms with E-state index < -0.39 is 11.8 Å². The molecule has 1 saturated heterocycles. The van der Waals surface area contributed by atoms with E-state index in [0.717, 1.165) is 31.6 Å². The number of anilines is 2. The van der Waals surface area contributed by atoms with Gasteiger partial charge in [0.25, 0.3) is 0 Å². The maximum Gasteiger partial charge on any atom is 0.313 e. The van der Waals surface area contributed by atoms with E-state index in [9.17, 15) is 9.59 Å². The zero-order valence-corrected chi connectivity index (χ0v) is 12.2. The Morgan fingerprint density at radius 1 is 1.29 bits per heavy atom. The predicted molar refractivity (Wildman–Crippen MR) is 83.4 cm³/mol. The molecule has 1 aromatic carbocycles. The summed E-state index contributed by atoms with van der Waals surface area (Å²) in [6.07, 6.45) is 7.32. The summed E-state index contributed by atoms with van der Waals surface area (Å²) < 4.78 is 0. The largest absolute Gasteiger partial charge is 0.370 e. The summed E-state index contributed by atoms with van der Waals surface area (Å²) in [5, 5.41) is 5.34. The molecular weight excluding hydrogens is 290 g/mol. The van der Waals surface area contributed by atoms with Crippen molar-refractivity contribution < 1.29 is 9.59 Å². The van der Waals surface area contributed by atoms with Crippen molar-refractivity contribution in [2.75, 3.05) is 29.9 Å². The Kier molecular flexibility index (Phi) is 5.07. The van der Waals surface area contributed by atoms with E-state index in [4.69, 9.17) is 18.0 Å². The maximum absolute atomic E-state index is 11.6. The topological polar surface area (TPSA) is 61.4 Å². The number of nitrogens with zero attached hydrogens (tertiary/aromatic N) is 1. The fourth-order valence-electron chi connectivity index (χ4n) is 2.20. The summed E-state index contributed by atoms with van der Waals surface area (Å²) >= 11 is 6.24. The number of hydrogen-bond donors (Lipinski definition) is 2. The molecule has 1 aliphatic heterocycles. The van der Waals surface area contributed by atoms with Gasteiger partial charge in [0.1, 0.15) is 0 Å². The summed E-state index contributed by atoms with van der Waals surface area (Å²) in [7, 11) is 0. The quantitative estimate of drug-likeness (QED) is 0.659. The first-order valence-corrected chi connectivity index (χ1v) is 7.07. The third-order valence-electron chi connectivity index (χ3n) is 3.21. The Balaban J connectivity index is 2.01. The molecule has 0 radical (unpaired) electrons. The van der Waals surface area contributed by atoms with Crippen molar-refractivity contribution in [2.24, 2.45) is 0 Å². The lowest BCUT2D eigenvalue weighted by Crippen LogP contribution is -2.35. The van der Waals surface area contributed by atoms with Crippen LogP contribution in [0.4, 0.5) is 11.4 Å². The molecular formula is C15H16ClN3O2. The van der Waals surface area contributed by atoms with E-state index in [1.165, 1.54) is 0 Å². The molecule has 2 rings (SSSR count). The number of benzene rings is 1. The second-order valence-electron chi connectivity index (χ2n) is 4.70. The molecule has 6 heteroatoms. The molecule has 0 spiro atoms. The minimum Gasteiger partial charge on any atom is -0.370 e. The fourth-order valence-corrected chi connectivity index (χ4v) is 2.50. The van der Waals surface area contributed by atoms with Crippen LogP contribution in [0, 0.1) is 12.3 Å². The smallest absolute Gasteiger partial charge is 0.313 e. The summed E-state index contributed by atoms with van der Waals surface area (Å²) in [6.45, 7) is 1.99. The number of nitrogens with one attached hydrogen (secondary N) is 2. The highest BCUT2D eigenvalue weighted by Crippen LogP contribution is 2.31. The van der Waals surface area contributed by atoms with Crippen molar-refractivity contribution in [1.82, 2.24) is 5.32 Å². The van der Waals surface area contributed by atoms with Crippen molar-refractivity contribution in [3.63, 3.8) is 0 Å². The van der Waals surface area contributed by atoms with Crippen LogP contribution in [0.5, 0.6) is 0 Å². The maximum atomic E-state index is 11.6. The van der Waals surface area contributed by atoms with E-state index in [0.29, 0.717) is 10.7 Å². The number of rotatable bonds is 3. The standard InChI is InChI=1S/C15H16ClN3O2/c1-2-7-17-14(20)15(21)18-11-5-6-13(12(16)10-11)19-8-3-4-9-19/h1,5-6,10H,3-4,7-9H2,(H,17,20)(H,18,21). The lowest BCUT2D eigenvalue weighted by atomic mass is 10.2. The van der Waals surface area contributed by atoms with Gasteiger partial charge in [0, 0.05) is 18.8 Å². The zero-order chi connectivity index (χ0) is 15.2. The number of terminal acetylenes is 1. The minimum absolute atomic E-state index is 0.0148. The summed E-state index contributed by atoms with van der Waals surface area (Å²) in [5.74, 6) is 0.688. The molecule has 0 bridgehead atoms. The van der Waals surface area contributed by atoms with Gasteiger partial charge in [0.05, 0.1) is 17.3 Å². The van der Waals surface area contributed by atoms with E-state index in [2.05, 4.69) is 21.5 Å². The average molecular weight is 306 g/mol. The van der Waals surface area contributed by atoms with Crippen LogP contribution in [-0.2, 0) is 9.59 Å². The van der Waals surface area contributed by atoms with Crippen LogP contribution in [0.2, 0.25) is 5.02 Å². The highest BCUT2D eigenvalue weighted by Gasteiger charge is 2.17. The number of carbonyl (C=O) groups excluding carboxylic acids is 2. The van der Waals surface area contributed by atoms with Gasteiger partial charge in [-0.2, -0.15) is 0 Å². The molecule has 21 heavy (non-hydrogen) atoms. The van der Waals surface area contributed by atoms with E-state index in [-0.39, 0.29) is 6.54 Å². The fraction of sp³-hybridized carbons (Fsp3) is 0.333. The lowest BCUT2D eigenvalue weighted by molar-refractivity contribution is -0.136. The molecule has 1 aromatic rings. The zero-order valence-electron chi connectivity index (χ0n) is 11.5. The monoisotopic (exact) mass is 305 g/mol. The second kappa shape index (κ2) is 7.00. The van der Waals surface area contributed by atoms with Crippen molar-refractivity contribution in [1.29, 1.82) is 0 Å². The van der Waals surface area contributed by atoms with Crippen molar-refractivity contribution in [3.8, 4) is 12.3 Å². The van der Waals surface area contributed by atoms with Crippen LogP contribution in [0.15, 0.2) is 18.2 Å². The molecule has 1 fully saturated rings. The predicted octanol–water partition coefficient (Wildman–Crippen LogP) is 1.63. The van der Waals surface area contributed by atoms with Gasteiger partial charge in [-0.3, -0.25) is 9.59 Å². The van der Waals surface area contributed by atoms with Gasteiger partial charge >= 0.3 is 11.8 Å². The summed E-state index contributed by atoms with van der Waals surface area (Å²) in [6, 6.07) is 5.22. The third-order valence-corrected chi connectivity index (χ3v) is 3.51. The number of amides is 2. The van der Waals surface area contributed by atoms with Crippen LogP contribution in [0.25, 0.3) is 0 Å². The van der Waals surface area contributed by atoms with Gasteiger partial charge in [0.15, 0.2) is 0 Å². The molecule has 0 aromatic heterocycles. The first-order chi connectivity index (χ1) is 10.1. The summed E-state index contributed by atoms with van der Waals surface area (Å²) in [5.41, 5.74) is 1.42. The number of hydrogen-bond acceptors (Lipinski definition) is 3. The molecule has 1 heterocycles. The number of halogens is 1.